The summed E-state index contributed by atoms with van der Waals surface area (Å²) >= 11 is 5.97. The van der Waals surface area contributed by atoms with Crippen LogP contribution in [0.3, 0.4) is 0 Å². The molecule has 0 bridgehead atoms. The van der Waals surface area contributed by atoms with Crippen molar-refractivity contribution >= 4 is 28.5 Å². The van der Waals surface area contributed by atoms with Gasteiger partial charge in [-0.3, -0.25) is 0 Å². The first-order valence-corrected chi connectivity index (χ1v) is 4.59. The number of aromatic amines is 1. The van der Waals surface area contributed by atoms with Crippen LogP contribution in [-0.2, 0) is 0 Å². The van der Waals surface area contributed by atoms with Gasteiger partial charge in [-0.2, -0.15) is 0 Å². The number of rotatable bonds is 2. The topological polar surface area (TPSA) is 62.3 Å². The Hall–Kier alpha value is -1.68. The number of aromatic nitrogens is 1. The van der Waals surface area contributed by atoms with Gasteiger partial charge >= 0.3 is 5.97 Å². The van der Waals surface area contributed by atoms with Gasteiger partial charge < -0.3 is 14.8 Å². The summed E-state index contributed by atoms with van der Waals surface area (Å²) < 4.78 is 5.02. The van der Waals surface area contributed by atoms with Crippen LogP contribution in [0.5, 0.6) is 5.75 Å². The summed E-state index contributed by atoms with van der Waals surface area (Å²) in [6.45, 7) is 0. The highest BCUT2D eigenvalue weighted by atomic mass is 35.5. The second-order valence-electron chi connectivity index (χ2n) is 3.06. The van der Waals surface area contributed by atoms with E-state index in [-0.39, 0.29) is 5.69 Å². The average Bonchev–Trinajstić information content (AvgIpc) is 2.61. The van der Waals surface area contributed by atoms with Gasteiger partial charge in [0.1, 0.15) is 11.4 Å². The number of benzene rings is 1. The summed E-state index contributed by atoms with van der Waals surface area (Å²) in [5, 5.41) is 9.94. The third-order valence-electron chi connectivity index (χ3n) is 2.13. The van der Waals surface area contributed by atoms with E-state index in [1.807, 2.05) is 0 Å². The van der Waals surface area contributed by atoms with Crippen LogP contribution in [0, 0.1) is 0 Å². The Kier molecular flexibility index (Phi) is 2.28. The molecule has 0 saturated heterocycles. The van der Waals surface area contributed by atoms with E-state index in [1.165, 1.54) is 13.2 Å². The van der Waals surface area contributed by atoms with Crippen LogP contribution in [-0.4, -0.2) is 23.2 Å². The van der Waals surface area contributed by atoms with Gasteiger partial charge in [-0.05, 0) is 12.1 Å². The smallest absolute Gasteiger partial charge is 0.352 e. The normalized spacial score (nSPS) is 10.5. The Bertz CT molecular complexity index is 533. The minimum atomic E-state index is -1.01. The number of carboxylic acid groups (broad SMARTS) is 1. The molecule has 0 aliphatic carbocycles. The molecular formula is C10H8ClNO3. The molecule has 0 aliphatic heterocycles. The zero-order chi connectivity index (χ0) is 11.0. The summed E-state index contributed by atoms with van der Waals surface area (Å²) in [7, 11) is 1.53. The molecule has 4 nitrogen and oxygen atoms in total. The number of hydrogen-bond donors (Lipinski definition) is 2. The molecule has 1 aromatic heterocycles. The predicted octanol–water partition coefficient (Wildman–Crippen LogP) is 2.53. The number of methoxy groups -OCH3 is 1. The first-order valence-electron chi connectivity index (χ1n) is 4.21. The van der Waals surface area contributed by atoms with Crippen molar-refractivity contribution in [2.24, 2.45) is 0 Å². The fourth-order valence-electron chi connectivity index (χ4n) is 1.40. The highest BCUT2D eigenvalue weighted by Crippen LogP contribution is 2.29. The van der Waals surface area contributed by atoms with Gasteiger partial charge in [-0.15, -0.1) is 0 Å². The summed E-state index contributed by atoms with van der Waals surface area (Å²) in [6.07, 6.45) is 0. The quantitative estimate of drug-likeness (QED) is 0.826. The van der Waals surface area contributed by atoms with Crippen molar-refractivity contribution in [2.45, 2.75) is 0 Å². The van der Waals surface area contributed by atoms with Gasteiger partial charge in [0, 0.05) is 11.5 Å². The molecule has 15 heavy (non-hydrogen) atoms. The van der Waals surface area contributed by atoms with Crippen molar-refractivity contribution in [3.05, 3.63) is 28.9 Å². The number of carbonyl (C=O) groups is 1. The number of aromatic carboxylic acids is 1. The maximum atomic E-state index is 10.7. The van der Waals surface area contributed by atoms with Crippen LogP contribution in [0.25, 0.3) is 10.9 Å². The number of hydrogen-bond acceptors (Lipinski definition) is 2. The highest BCUT2D eigenvalue weighted by molar-refractivity contribution is 6.35. The van der Waals surface area contributed by atoms with Crippen LogP contribution in [0.4, 0.5) is 0 Å². The Morgan fingerprint density at radius 1 is 1.47 bits per heavy atom. The fraction of sp³-hybridized carbons (Fsp3) is 0.100. The molecule has 1 heterocycles. The Balaban J connectivity index is 2.69. The molecule has 1 aromatic carbocycles. The van der Waals surface area contributed by atoms with E-state index in [4.69, 9.17) is 21.4 Å². The lowest BCUT2D eigenvalue weighted by atomic mass is 10.2. The molecule has 0 amide bonds. The summed E-state index contributed by atoms with van der Waals surface area (Å²) in [4.78, 5) is 13.5. The number of nitrogens with one attached hydrogen (secondary N) is 1. The molecule has 0 fully saturated rings. The van der Waals surface area contributed by atoms with E-state index in [1.54, 1.807) is 12.1 Å². The van der Waals surface area contributed by atoms with Crippen molar-refractivity contribution in [3.8, 4) is 5.75 Å². The lowest BCUT2D eigenvalue weighted by Crippen LogP contribution is -1.94. The third kappa shape index (κ3) is 1.64. The molecule has 0 saturated carbocycles. The van der Waals surface area contributed by atoms with Crippen LogP contribution < -0.4 is 4.74 Å². The van der Waals surface area contributed by atoms with Gasteiger partial charge in [0.05, 0.1) is 17.6 Å². The van der Waals surface area contributed by atoms with Crippen molar-refractivity contribution in [2.75, 3.05) is 7.11 Å². The molecule has 0 aliphatic rings. The Morgan fingerprint density at radius 3 is 2.80 bits per heavy atom. The van der Waals surface area contributed by atoms with Gasteiger partial charge in [0.2, 0.25) is 0 Å². The zero-order valence-electron chi connectivity index (χ0n) is 7.87. The van der Waals surface area contributed by atoms with Gasteiger partial charge in [-0.1, -0.05) is 11.6 Å². The Morgan fingerprint density at radius 2 is 2.20 bits per heavy atom. The lowest BCUT2D eigenvalue weighted by Gasteiger charge is -2.00. The molecular weight excluding hydrogens is 218 g/mol. The van der Waals surface area contributed by atoms with Crippen molar-refractivity contribution < 1.29 is 14.6 Å². The first kappa shape index (κ1) is 9.86. The largest absolute Gasteiger partial charge is 0.497 e. The monoisotopic (exact) mass is 225 g/mol. The van der Waals surface area contributed by atoms with Gasteiger partial charge in [0.25, 0.3) is 0 Å². The van der Waals surface area contributed by atoms with Crippen LogP contribution in [0.1, 0.15) is 10.5 Å². The molecule has 78 valence electrons. The fourth-order valence-corrected chi connectivity index (χ4v) is 1.67. The number of fused-ring (bicyclic) bond motifs is 1. The van der Waals surface area contributed by atoms with E-state index in [9.17, 15) is 4.79 Å². The maximum absolute atomic E-state index is 10.7. The zero-order valence-corrected chi connectivity index (χ0v) is 8.63. The van der Waals surface area contributed by atoms with E-state index in [2.05, 4.69) is 4.98 Å². The first-order chi connectivity index (χ1) is 7.11. The summed E-state index contributed by atoms with van der Waals surface area (Å²) in [6, 6.07) is 4.84. The predicted molar refractivity (Wildman–Crippen MR) is 56.8 cm³/mol. The minimum Gasteiger partial charge on any atom is -0.497 e. The average molecular weight is 226 g/mol. The van der Waals surface area contributed by atoms with E-state index in [0.717, 1.165) is 0 Å². The van der Waals surface area contributed by atoms with E-state index in [0.29, 0.717) is 21.7 Å². The molecule has 2 N–H and O–H groups in total. The summed E-state index contributed by atoms with van der Waals surface area (Å²) in [5.41, 5.74) is 0.761. The molecule has 5 heteroatoms. The van der Waals surface area contributed by atoms with E-state index >= 15 is 0 Å². The number of H-pyrrole nitrogens is 1. The van der Waals surface area contributed by atoms with Crippen LogP contribution >= 0.6 is 11.6 Å². The second kappa shape index (κ2) is 3.47. The van der Waals surface area contributed by atoms with Crippen LogP contribution in [0.15, 0.2) is 18.2 Å². The standard InChI is InChI=1S/C10H8ClNO3/c1-15-5-2-7(11)6-4-9(10(13)14)12-8(6)3-5/h2-4,12H,1H3,(H,13,14). The molecule has 0 atom stereocenters. The second-order valence-corrected chi connectivity index (χ2v) is 3.47. The number of ether oxygens (including phenoxy) is 1. The third-order valence-corrected chi connectivity index (χ3v) is 2.44. The van der Waals surface area contributed by atoms with Crippen molar-refractivity contribution in [1.29, 1.82) is 0 Å². The summed E-state index contributed by atoms with van der Waals surface area (Å²) in [5.74, 6) is -0.424. The van der Waals surface area contributed by atoms with E-state index < -0.39 is 5.97 Å². The highest BCUT2D eigenvalue weighted by Gasteiger charge is 2.10. The lowest BCUT2D eigenvalue weighted by molar-refractivity contribution is 0.0691. The minimum absolute atomic E-state index is 0.111. The maximum Gasteiger partial charge on any atom is 0.352 e. The molecule has 2 aromatic rings. The molecule has 2 rings (SSSR count). The SMILES string of the molecule is COc1cc(Cl)c2cc(C(=O)O)[nH]c2c1. The van der Waals surface area contributed by atoms with Crippen molar-refractivity contribution in [1.82, 2.24) is 4.98 Å². The van der Waals surface area contributed by atoms with Crippen LogP contribution in [0.2, 0.25) is 5.02 Å². The Labute approximate surface area is 90.4 Å². The molecule has 0 radical (unpaired) electrons. The van der Waals surface area contributed by atoms with Crippen molar-refractivity contribution in [3.63, 3.8) is 0 Å². The molecule has 0 spiro atoms. The van der Waals surface area contributed by atoms with Gasteiger partial charge in [-0.25, -0.2) is 4.79 Å². The number of carboxylic acids is 1. The molecule has 0 unspecified atom stereocenters. The number of halogens is 1. The van der Waals surface area contributed by atoms with Gasteiger partial charge in [0.15, 0.2) is 0 Å².